The van der Waals surface area contributed by atoms with Gasteiger partial charge in [-0.15, -0.1) is 0 Å². The summed E-state index contributed by atoms with van der Waals surface area (Å²) in [4.78, 5) is 24.2. The van der Waals surface area contributed by atoms with E-state index in [0.29, 0.717) is 18.4 Å². The molecule has 0 heterocycles. The van der Waals surface area contributed by atoms with Crippen LogP contribution in [0.5, 0.6) is 0 Å². The van der Waals surface area contributed by atoms with Crippen molar-refractivity contribution in [2.24, 2.45) is 11.8 Å². The van der Waals surface area contributed by atoms with Gasteiger partial charge in [-0.25, -0.2) is 0 Å². The first-order chi connectivity index (χ1) is 12.0. The molecule has 1 aromatic rings. The van der Waals surface area contributed by atoms with Crippen molar-refractivity contribution in [3.63, 3.8) is 0 Å². The third-order valence-corrected chi connectivity index (χ3v) is 3.85. The van der Waals surface area contributed by atoms with Crippen LogP contribution in [0.4, 0.5) is 13.2 Å². The summed E-state index contributed by atoms with van der Waals surface area (Å²) in [5, 5.41) is 5.48. The standard InChI is InChI=1S/C19H27F3N2O2/c1-12(2)11-16(25)24-17(13(3)4)18(26)23-10-9-14-5-7-15(8-6-14)19(20,21)22/h5-8,12-13,17H,9-11H2,1-4H3,(H,23,26)(H,24,25). The Morgan fingerprint density at radius 2 is 1.62 bits per heavy atom. The van der Waals surface area contributed by atoms with Crippen molar-refractivity contribution in [2.75, 3.05) is 6.54 Å². The van der Waals surface area contributed by atoms with E-state index in [1.54, 1.807) is 0 Å². The molecule has 0 radical (unpaired) electrons. The van der Waals surface area contributed by atoms with Crippen LogP contribution < -0.4 is 10.6 Å². The summed E-state index contributed by atoms with van der Waals surface area (Å²) in [5.74, 6) is -0.330. The van der Waals surface area contributed by atoms with Gasteiger partial charge in [-0.1, -0.05) is 39.8 Å². The number of rotatable bonds is 8. The molecule has 4 nitrogen and oxygen atoms in total. The van der Waals surface area contributed by atoms with Crippen LogP contribution in [-0.4, -0.2) is 24.4 Å². The highest BCUT2D eigenvalue weighted by molar-refractivity contribution is 5.87. The second-order valence-corrected chi connectivity index (χ2v) is 7.12. The van der Waals surface area contributed by atoms with Crippen molar-refractivity contribution in [3.05, 3.63) is 35.4 Å². The topological polar surface area (TPSA) is 58.2 Å². The van der Waals surface area contributed by atoms with Gasteiger partial charge >= 0.3 is 6.18 Å². The van der Waals surface area contributed by atoms with Crippen LogP contribution >= 0.6 is 0 Å². The van der Waals surface area contributed by atoms with E-state index in [0.717, 1.165) is 12.1 Å². The van der Waals surface area contributed by atoms with E-state index in [-0.39, 0.29) is 30.2 Å². The summed E-state index contributed by atoms with van der Waals surface area (Å²) in [5.41, 5.74) is 0.00117. The average Bonchev–Trinajstić information content (AvgIpc) is 2.51. The van der Waals surface area contributed by atoms with Crippen molar-refractivity contribution in [1.82, 2.24) is 10.6 Å². The maximum Gasteiger partial charge on any atom is 0.416 e. The van der Waals surface area contributed by atoms with E-state index in [1.165, 1.54) is 12.1 Å². The Morgan fingerprint density at radius 3 is 2.08 bits per heavy atom. The molecule has 2 amide bonds. The van der Waals surface area contributed by atoms with Gasteiger partial charge in [0.15, 0.2) is 0 Å². The molecule has 0 saturated heterocycles. The Bertz CT molecular complexity index is 596. The second kappa shape index (κ2) is 9.59. The predicted octanol–water partition coefficient (Wildman–Crippen LogP) is 3.55. The maximum atomic E-state index is 12.5. The number of benzene rings is 1. The second-order valence-electron chi connectivity index (χ2n) is 7.12. The van der Waals surface area contributed by atoms with Gasteiger partial charge in [-0.2, -0.15) is 13.2 Å². The summed E-state index contributed by atoms with van der Waals surface area (Å²) in [6, 6.07) is 4.23. The fraction of sp³-hybridized carbons (Fsp3) is 0.579. The first-order valence-electron chi connectivity index (χ1n) is 8.74. The van der Waals surface area contributed by atoms with Gasteiger partial charge in [0, 0.05) is 13.0 Å². The van der Waals surface area contributed by atoms with Gasteiger partial charge in [0.25, 0.3) is 0 Å². The third kappa shape index (κ3) is 7.45. The van der Waals surface area contributed by atoms with E-state index >= 15 is 0 Å². The summed E-state index contributed by atoms with van der Waals surface area (Å²) in [6.45, 7) is 7.82. The molecule has 7 heteroatoms. The Balaban J connectivity index is 2.53. The molecule has 1 atom stereocenters. The quantitative estimate of drug-likeness (QED) is 0.733. The van der Waals surface area contributed by atoms with Gasteiger partial charge in [0.2, 0.25) is 11.8 Å². The molecule has 0 saturated carbocycles. The molecule has 26 heavy (non-hydrogen) atoms. The van der Waals surface area contributed by atoms with Crippen LogP contribution in [-0.2, 0) is 22.2 Å². The number of amides is 2. The van der Waals surface area contributed by atoms with E-state index in [1.807, 2.05) is 27.7 Å². The Labute approximate surface area is 152 Å². The molecule has 146 valence electrons. The molecule has 0 aliphatic heterocycles. The van der Waals surface area contributed by atoms with Crippen molar-refractivity contribution >= 4 is 11.8 Å². The molecule has 1 aromatic carbocycles. The van der Waals surface area contributed by atoms with E-state index < -0.39 is 17.8 Å². The van der Waals surface area contributed by atoms with Crippen LogP contribution in [0, 0.1) is 11.8 Å². The maximum absolute atomic E-state index is 12.5. The number of carbonyl (C=O) groups excluding carboxylic acids is 2. The zero-order valence-electron chi connectivity index (χ0n) is 15.6. The zero-order valence-corrected chi connectivity index (χ0v) is 15.6. The van der Waals surface area contributed by atoms with Crippen LogP contribution in [0.25, 0.3) is 0 Å². The van der Waals surface area contributed by atoms with Crippen LogP contribution in [0.3, 0.4) is 0 Å². The van der Waals surface area contributed by atoms with Crippen molar-refractivity contribution in [2.45, 2.75) is 52.8 Å². The van der Waals surface area contributed by atoms with E-state index in [9.17, 15) is 22.8 Å². The average molecular weight is 372 g/mol. The molecule has 0 aliphatic carbocycles. The molecule has 1 unspecified atom stereocenters. The summed E-state index contributed by atoms with van der Waals surface area (Å²) < 4.78 is 37.6. The summed E-state index contributed by atoms with van der Waals surface area (Å²) >= 11 is 0. The molecule has 1 rings (SSSR count). The van der Waals surface area contributed by atoms with Crippen molar-refractivity contribution in [1.29, 1.82) is 0 Å². The van der Waals surface area contributed by atoms with Crippen molar-refractivity contribution in [3.8, 4) is 0 Å². The Morgan fingerprint density at radius 1 is 1.04 bits per heavy atom. The smallest absolute Gasteiger partial charge is 0.354 e. The van der Waals surface area contributed by atoms with Crippen LogP contribution in [0.1, 0.15) is 45.2 Å². The number of hydrogen-bond donors (Lipinski definition) is 2. The van der Waals surface area contributed by atoms with E-state index in [2.05, 4.69) is 10.6 Å². The fourth-order valence-corrected chi connectivity index (χ4v) is 2.44. The lowest BCUT2D eigenvalue weighted by molar-refractivity contribution is -0.137. The molecule has 2 N–H and O–H groups in total. The van der Waals surface area contributed by atoms with Crippen LogP contribution in [0.15, 0.2) is 24.3 Å². The highest BCUT2D eigenvalue weighted by atomic mass is 19.4. The first-order valence-corrected chi connectivity index (χ1v) is 8.74. The van der Waals surface area contributed by atoms with Gasteiger partial charge in [-0.05, 0) is 36.0 Å². The predicted molar refractivity (Wildman–Crippen MR) is 94.4 cm³/mol. The lowest BCUT2D eigenvalue weighted by atomic mass is 10.0. The fourth-order valence-electron chi connectivity index (χ4n) is 2.44. The number of carbonyl (C=O) groups is 2. The van der Waals surface area contributed by atoms with Crippen LogP contribution in [0.2, 0.25) is 0 Å². The largest absolute Gasteiger partial charge is 0.416 e. The molecular formula is C19H27F3N2O2. The minimum atomic E-state index is -4.36. The number of alkyl halides is 3. The molecule has 0 bridgehead atoms. The number of nitrogens with one attached hydrogen (secondary N) is 2. The zero-order chi connectivity index (χ0) is 19.9. The Kier molecular flexibility index (Phi) is 8.11. The molecule has 0 aliphatic rings. The summed E-state index contributed by atoms with van der Waals surface area (Å²) in [7, 11) is 0. The number of hydrogen-bond acceptors (Lipinski definition) is 2. The highest BCUT2D eigenvalue weighted by Crippen LogP contribution is 2.29. The summed E-state index contributed by atoms with van der Waals surface area (Å²) in [6.07, 6.45) is -3.60. The number of halogens is 3. The SMILES string of the molecule is CC(C)CC(=O)NC(C(=O)NCCc1ccc(C(F)(F)F)cc1)C(C)C. The van der Waals surface area contributed by atoms with E-state index in [4.69, 9.17) is 0 Å². The van der Waals surface area contributed by atoms with Gasteiger partial charge in [-0.3, -0.25) is 9.59 Å². The Hall–Kier alpha value is -2.05. The minimum Gasteiger partial charge on any atom is -0.354 e. The van der Waals surface area contributed by atoms with Gasteiger partial charge < -0.3 is 10.6 Å². The highest BCUT2D eigenvalue weighted by Gasteiger charge is 2.30. The van der Waals surface area contributed by atoms with Crippen molar-refractivity contribution < 1.29 is 22.8 Å². The molecule has 0 spiro atoms. The molecule has 0 aromatic heterocycles. The van der Waals surface area contributed by atoms with Gasteiger partial charge in [0.1, 0.15) is 6.04 Å². The molecule has 0 fully saturated rings. The lowest BCUT2D eigenvalue weighted by Gasteiger charge is -2.22. The monoisotopic (exact) mass is 372 g/mol. The minimum absolute atomic E-state index is 0.0721. The van der Waals surface area contributed by atoms with Gasteiger partial charge in [0.05, 0.1) is 5.56 Å². The normalized spacial score (nSPS) is 13.0. The third-order valence-electron chi connectivity index (χ3n) is 3.85. The first kappa shape index (κ1) is 22.0. The lowest BCUT2D eigenvalue weighted by Crippen LogP contribution is -2.50. The molecular weight excluding hydrogens is 345 g/mol.